The van der Waals surface area contributed by atoms with Crippen LogP contribution in [0.25, 0.3) is 0 Å². The number of likely N-dealkylation sites (tertiary alicyclic amines) is 1. The number of nitrogens with one attached hydrogen (secondary N) is 2. The van der Waals surface area contributed by atoms with Crippen molar-refractivity contribution in [2.24, 2.45) is 5.41 Å². The number of urea groups is 1. The molecule has 0 radical (unpaired) electrons. The van der Waals surface area contributed by atoms with Gasteiger partial charge in [0, 0.05) is 19.1 Å². The predicted octanol–water partition coefficient (Wildman–Crippen LogP) is 0.550. The van der Waals surface area contributed by atoms with Gasteiger partial charge in [-0.25, -0.2) is 4.79 Å². The lowest BCUT2D eigenvalue weighted by atomic mass is 10.1. The molecule has 0 aromatic rings. The van der Waals surface area contributed by atoms with Gasteiger partial charge in [-0.2, -0.15) is 0 Å². The molecule has 0 bridgehead atoms. The van der Waals surface area contributed by atoms with Crippen LogP contribution in [0.3, 0.4) is 0 Å². The molecular formula is C14H23N3O4. The van der Waals surface area contributed by atoms with Crippen LogP contribution in [0.1, 0.15) is 39.5 Å². The molecule has 3 N–H and O–H groups in total. The fraction of sp³-hybridized carbons (Fsp3) is 0.786. The summed E-state index contributed by atoms with van der Waals surface area (Å²) in [7, 11) is 0. The zero-order valence-corrected chi connectivity index (χ0v) is 12.5. The van der Waals surface area contributed by atoms with Gasteiger partial charge in [0.15, 0.2) is 0 Å². The summed E-state index contributed by atoms with van der Waals surface area (Å²) in [6, 6.07) is -0.709. The first-order chi connectivity index (χ1) is 9.85. The fourth-order valence-electron chi connectivity index (χ4n) is 2.60. The molecule has 2 rings (SSSR count). The van der Waals surface area contributed by atoms with E-state index in [0.717, 1.165) is 6.42 Å². The Hall–Kier alpha value is -1.79. The smallest absolute Gasteiger partial charge is 0.318 e. The van der Waals surface area contributed by atoms with Gasteiger partial charge in [-0.3, -0.25) is 9.59 Å². The normalized spacial score (nSPS) is 23.0. The predicted molar refractivity (Wildman–Crippen MR) is 75.7 cm³/mol. The maximum atomic E-state index is 12.2. The van der Waals surface area contributed by atoms with Crippen molar-refractivity contribution in [1.82, 2.24) is 15.5 Å². The molecule has 0 aromatic heterocycles. The number of hydrogen-bond acceptors (Lipinski definition) is 3. The van der Waals surface area contributed by atoms with Gasteiger partial charge in [0.1, 0.15) is 6.04 Å². The molecule has 118 valence electrons. The summed E-state index contributed by atoms with van der Waals surface area (Å²) in [6.07, 6.45) is 2.61. The number of nitrogens with zero attached hydrogens (tertiary/aromatic N) is 1. The second-order valence-electron chi connectivity index (χ2n) is 6.26. The van der Waals surface area contributed by atoms with Crippen molar-refractivity contribution < 1.29 is 19.5 Å². The highest BCUT2D eigenvalue weighted by Gasteiger charge is 2.50. The summed E-state index contributed by atoms with van der Waals surface area (Å²) in [6.45, 7) is 4.44. The van der Waals surface area contributed by atoms with Crippen LogP contribution in [0.15, 0.2) is 0 Å². The van der Waals surface area contributed by atoms with Crippen molar-refractivity contribution in [3.8, 4) is 0 Å². The van der Waals surface area contributed by atoms with Gasteiger partial charge < -0.3 is 20.6 Å². The van der Waals surface area contributed by atoms with Crippen LogP contribution < -0.4 is 10.6 Å². The molecule has 1 aliphatic heterocycles. The van der Waals surface area contributed by atoms with Crippen molar-refractivity contribution in [2.75, 3.05) is 13.1 Å². The first-order valence-electron chi connectivity index (χ1n) is 7.44. The zero-order valence-electron chi connectivity index (χ0n) is 12.5. The summed E-state index contributed by atoms with van der Waals surface area (Å²) in [5, 5.41) is 14.6. The van der Waals surface area contributed by atoms with Gasteiger partial charge in [-0.15, -0.1) is 0 Å². The van der Waals surface area contributed by atoms with Crippen LogP contribution in [0.2, 0.25) is 0 Å². The molecule has 0 spiro atoms. The molecule has 1 aliphatic carbocycles. The largest absolute Gasteiger partial charge is 0.481 e. The molecule has 1 atom stereocenters. The first kappa shape index (κ1) is 15.6. The Morgan fingerprint density at radius 2 is 2.00 bits per heavy atom. The maximum Gasteiger partial charge on any atom is 0.318 e. The third-order valence-corrected chi connectivity index (χ3v) is 4.14. The Bertz CT molecular complexity index is 446. The van der Waals surface area contributed by atoms with Gasteiger partial charge in [-0.05, 0) is 39.5 Å². The van der Waals surface area contributed by atoms with E-state index in [2.05, 4.69) is 10.6 Å². The number of carbonyl (C=O) groups excluding carboxylic acids is 2. The molecule has 7 nitrogen and oxygen atoms in total. The topological polar surface area (TPSA) is 98.7 Å². The molecule has 1 saturated heterocycles. The second-order valence-corrected chi connectivity index (χ2v) is 6.26. The van der Waals surface area contributed by atoms with E-state index in [1.54, 1.807) is 0 Å². The van der Waals surface area contributed by atoms with Crippen LogP contribution in [0.5, 0.6) is 0 Å². The van der Waals surface area contributed by atoms with Gasteiger partial charge in [-0.1, -0.05) is 0 Å². The Morgan fingerprint density at radius 3 is 2.52 bits per heavy atom. The first-order valence-corrected chi connectivity index (χ1v) is 7.44. The van der Waals surface area contributed by atoms with Gasteiger partial charge in [0.25, 0.3) is 0 Å². The van der Waals surface area contributed by atoms with Gasteiger partial charge in [0.2, 0.25) is 5.91 Å². The molecule has 0 unspecified atom stereocenters. The van der Waals surface area contributed by atoms with Crippen molar-refractivity contribution >= 4 is 17.9 Å². The van der Waals surface area contributed by atoms with Gasteiger partial charge >= 0.3 is 12.0 Å². The SMILES string of the molecule is CC(C)NC(=O)N1CCC[C@H]1C(=O)NCC1(C(=O)O)CC1. The quantitative estimate of drug-likeness (QED) is 0.690. The molecule has 7 heteroatoms. The molecule has 2 aliphatic rings. The van der Waals surface area contributed by atoms with E-state index in [1.165, 1.54) is 4.90 Å². The maximum absolute atomic E-state index is 12.2. The molecule has 1 saturated carbocycles. The summed E-state index contributed by atoms with van der Waals surface area (Å²) >= 11 is 0. The minimum Gasteiger partial charge on any atom is -0.481 e. The summed E-state index contributed by atoms with van der Waals surface area (Å²) in [5.41, 5.74) is -0.778. The zero-order chi connectivity index (χ0) is 15.6. The van der Waals surface area contributed by atoms with E-state index >= 15 is 0 Å². The molecule has 21 heavy (non-hydrogen) atoms. The van der Waals surface area contributed by atoms with E-state index < -0.39 is 17.4 Å². The summed E-state index contributed by atoms with van der Waals surface area (Å²) in [4.78, 5) is 36.9. The van der Waals surface area contributed by atoms with Crippen molar-refractivity contribution in [2.45, 2.75) is 51.6 Å². The number of amides is 3. The molecule has 3 amide bonds. The Balaban J connectivity index is 1.89. The summed E-state index contributed by atoms with van der Waals surface area (Å²) < 4.78 is 0. The van der Waals surface area contributed by atoms with E-state index in [4.69, 9.17) is 5.11 Å². The second kappa shape index (κ2) is 5.91. The highest BCUT2D eigenvalue weighted by atomic mass is 16.4. The number of carboxylic acid groups (broad SMARTS) is 1. The number of hydrogen-bond donors (Lipinski definition) is 3. The lowest BCUT2D eigenvalue weighted by Gasteiger charge is -2.25. The molecular weight excluding hydrogens is 274 g/mol. The van der Waals surface area contributed by atoms with E-state index in [9.17, 15) is 14.4 Å². The number of aliphatic carboxylic acids is 1. The third kappa shape index (κ3) is 3.46. The monoisotopic (exact) mass is 297 g/mol. The fourth-order valence-corrected chi connectivity index (χ4v) is 2.60. The minimum absolute atomic E-state index is 0.0172. The van der Waals surface area contributed by atoms with Crippen LogP contribution >= 0.6 is 0 Å². The van der Waals surface area contributed by atoms with Crippen LogP contribution in [-0.2, 0) is 9.59 Å². The number of carbonyl (C=O) groups is 3. The number of rotatable bonds is 5. The lowest BCUT2D eigenvalue weighted by Crippen LogP contribution is -2.51. The third-order valence-electron chi connectivity index (χ3n) is 4.14. The van der Waals surface area contributed by atoms with Crippen LogP contribution in [0.4, 0.5) is 4.79 Å². The molecule has 0 aromatic carbocycles. The lowest BCUT2D eigenvalue weighted by molar-refractivity contribution is -0.143. The van der Waals surface area contributed by atoms with Crippen molar-refractivity contribution in [1.29, 1.82) is 0 Å². The number of carboxylic acids is 1. The standard InChI is InChI=1S/C14H23N3O4/c1-9(2)16-13(21)17-7-3-4-10(17)11(18)15-8-14(5-6-14)12(19)20/h9-10H,3-8H2,1-2H3,(H,15,18)(H,16,21)(H,19,20)/t10-/m0/s1. The van der Waals surface area contributed by atoms with E-state index in [-0.39, 0.29) is 24.5 Å². The van der Waals surface area contributed by atoms with Crippen molar-refractivity contribution in [3.63, 3.8) is 0 Å². The Kier molecular flexibility index (Phi) is 4.39. The van der Waals surface area contributed by atoms with Crippen LogP contribution in [0, 0.1) is 5.41 Å². The van der Waals surface area contributed by atoms with Crippen molar-refractivity contribution in [3.05, 3.63) is 0 Å². The highest BCUT2D eigenvalue weighted by Crippen LogP contribution is 2.45. The molecule has 1 heterocycles. The highest BCUT2D eigenvalue weighted by molar-refractivity contribution is 5.88. The Morgan fingerprint density at radius 1 is 1.33 bits per heavy atom. The van der Waals surface area contributed by atoms with E-state index in [0.29, 0.717) is 25.8 Å². The minimum atomic E-state index is -0.858. The van der Waals surface area contributed by atoms with Gasteiger partial charge in [0.05, 0.1) is 5.41 Å². The average molecular weight is 297 g/mol. The van der Waals surface area contributed by atoms with Crippen LogP contribution in [-0.4, -0.2) is 53.1 Å². The van der Waals surface area contributed by atoms with E-state index in [1.807, 2.05) is 13.8 Å². The molecule has 2 fully saturated rings. The Labute approximate surface area is 124 Å². The summed E-state index contributed by atoms with van der Waals surface area (Å²) in [5.74, 6) is -1.11. The average Bonchev–Trinajstić information content (AvgIpc) is 3.03.